The molecule has 0 aliphatic rings. The van der Waals surface area contributed by atoms with Gasteiger partial charge in [0.2, 0.25) is 0 Å². The highest BCUT2D eigenvalue weighted by molar-refractivity contribution is 7.10. The molecule has 1 unspecified atom stereocenters. The summed E-state index contributed by atoms with van der Waals surface area (Å²) < 4.78 is 0. The van der Waals surface area contributed by atoms with E-state index in [4.69, 9.17) is 0 Å². The lowest BCUT2D eigenvalue weighted by atomic mass is 10.1. The van der Waals surface area contributed by atoms with E-state index in [0.717, 1.165) is 0 Å². The van der Waals surface area contributed by atoms with Gasteiger partial charge in [-0.25, -0.2) is 0 Å². The van der Waals surface area contributed by atoms with Crippen LogP contribution in [0.25, 0.3) is 10.8 Å². The first-order valence-corrected chi connectivity index (χ1v) is 7.41. The van der Waals surface area contributed by atoms with Gasteiger partial charge in [-0.1, -0.05) is 30.3 Å². The summed E-state index contributed by atoms with van der Waals surface area (Å²) in [5, 5.41) is 8.31. The van der Waals surface area contributed by atoms with Crippen molar-refractivity contribution in [2.75, 3.05) is 5.32 Å². The van der Waals surface area contributed by atoms with Gasteiger partial charge in [-0.05, 0) is 53.8 Å². The average molecular weight is 267 g/mol. The minimum atomic E-state index is 0.348. The van der Waals surface area contributed by atoms with Crippen molar-refractivity contribution in [1.29, 1.82) is 0 Å². The number of rotatable bonds is 3. The summed E-state index contributed by atoms with van der Waals surface area (Å²) in [6.07, 6.45) is 0. The second kappa shape index (κ2) is 5.06. The van der Waals surface area contributed by atoms with Crippen molar-refractivity contribution in [3.63, 3.8) is 0 Å². The van der Waals surface area contributed by atoms with E-state index in [2.05, 4.69) is 73.1 Å². The van der Waals surface area contributed by atoms with Crippen LogP contribution in [-0.2, 0) is 0 Å². The predicted octanol–water partition coefficient (Wildman–Crippen LogP) is 5.38. The van der Waals surface area contributed by atoms with Crippen molar-refractivity contribution in [1.82, 2.24) is 0 Å². The largest absolute Gasteiger partial charge is 0.378 e. The van der Waals surface area contributed by atoms with Gasteiger partial charge < -0.3 is 5.32 Å². The van der Waals surface area contributed by atoms with E-state index in [1.165, 1.54) is 26.9 Å². The fraction of sp³-hybridized carbons (Fsp3) is 0.176. The van der Waals surface area contributed by atoms with Gasteiger partial charge in [0.15, 0.2) is 0 Å². The number of hydrogen-bond acceptors (Lipinski definition) is 2. The predicted molar refractivity (Wildman–Crippen MR) is 85.0 cm³/mol. The summed E-state index contributed by atoms with van der Waals surface area (Å²) in [5.74, 6) is 0. The Bertz CT molecular complexity index is 699. The monoisotopic (exact) mass is 267 g/mol. The molecule has 1 aromatic heterocycles. The van der Waals surface area contributed by atoms with Gasteiger partial charge in [0.05, 0.1) is 6.04 Å². The fourth-order valence-corrected chi connectivity index (χ4v) is 3.36. The molecule has 0 saturated carbocycles. The van der Waals surface area contributed by atoms with E-state index < -0.39 is 0 Å². The minimum absolute atomic E-state index is 0.348. The van der Waals surface area contributed by atoms with Gasteiger partial charge in [0, 0.05) is 10.6 Å². The molecule has 0 aliphatic heterocycles. The van der Waals surface area contributed by atoms with Crippen molar-refractivity contribution in [2.24, 2.45) is 0 Å². The van der Waals surface area contributed by atoms with Crippen LogP contribution in [0.1, 0.15) is 23.4 Å². The summed E-state index contributed by atoms with van der Waals surface area (Å²) in [7, 11) is 0. The third kappa shape index (κ3) is 2.49. The van der Waals surface area contributed by atoms with Crippen LogP contribution in [-0.4, -0.2) is 0 Å². The number of aryl methyl sites for hydroxylation is 1. The van der Waals surface area contributed by atoms with Gasteiger partial charge in [0.1, 0.15) is 0 Å². The third-order valence-corrected chi connectivity index (χ3v) is 4.63. The molecule has 0 bridgehead atoms. The zero-order valence-corrected chi connectivity index (χ0v) is 12.0. The van der Waals surface area contributed by atoms with Gasteiger partial charge in [-0.3, -0.25) is 0 Å². The lowest BCUT2D eigenvalue weighted by molar-refractivity contribution is 0.900. The smallest absolute Gasteiger partial charge is 0.0581 e. The third-order valence-electron chi connectivity index (χ3n) is 3.43. The van der Waals surface area contributed by atoms with Crippen LogP contribution >= 0.6 is 11.3 Å². The lowest BCUT2D eigenvalue weighted by Crippen LogP contribution is -2.05. The summed E-state index contributed by atoms with van der Waals surface area (Å²) in [4.78, 5) is 1.41. The standard InChI is InChI=1S/C17H17NS/c1-12-9-10-19-17(12)13(2)18-16-8-7-14-5-3-4-6-15(14)11-16/h3-11,13,18H,1-2H3. The normalized spacial score (nSPS) is 12.5. The first kappa shape index (κ1) is 12.2. The SMILES string of the molecule is Cc1ccsc1C(C)Nc1ccc2ccccc2c1. The van der Waals surface area contributed by atoms with E-state index in [1.807, 2.05) is 11.3 Å². The lowest BCUT2D eigenvalue weighted by Gasteiger charge is -2.15. The molecule has 3 rings (SSSR count). The molecule has 19 heavy (non-hydrogen) atoms. The Morgan fingerprint density at radius 2 is 1.79 bits per heavy atom. The molecular formula is C17H17NS. The highest BCUT2D eigenvalue weighted by Gasteiger charge is 2.09. The van der Waals surface area contributed by atoms with Crippen LogP contribution in [0.3, 0.4) is 0 Å². The first-order valence-electron chi connectivity index (χ1n) is 6.53. The number of nitrogens with one attached hydrogen (secondary N) is 1. The average Bonchev–Trinajstić information content (AvgIpc) is 2.85. The van der Waals surface area contributed by atoms with E-state index >= 15 is 0 Å². The Kier molecular flexibility index (Phi) is 3.26. The molecule has 0 spiro atoms. The Labute approximate surface area is 117 Å². The van der Waals surface area contributed by atoms with Crippen molar-refractivity contribution in [3.8, 4) is 0 Å². The molecule has 1 heterocycles. The molecule has 1 atom stereocenters. The van der Waals surface area contributed by atoms with Crippen LogP contribution in [0.5, 0.6) is 0 Å². The molecule has 0 amide bonds. The summed E-state index contributed by atoms with van der Waals surface area (Å²) in [5.41, 5.74) is 2.55. The summed E-state index contributed by atoms with van der Waals surface area (Å²) >= 11 is 1.82. The zero-order valence-electron chi connectivity index (χ0n) is 11.2. The van der Waals surface area contributed by atoms with Gasteiger partial charge in [0.25, 0.3) is 0 Å². The van der Waals surface area contributed by atoms with E-state index in [1.54, 1.807) is 0 Å². The van der Waals surface area contributed by atoms with Crippen LogP contribution < -0.4 is 5.32 Å². The van der Waals surface area contributed by atoms with Crippen LogP contribution in [0.15, 0.2) is 53.9 Å². The quantitative estimate of drug-likeness (QED) is 0.671. The Morgan fingerprint density at radius 3 is 2.53 bits per heavy atom. The fourth-order valence-electron chi connectivity index (χ4n) is 2.42. The molecule has 2 heteroatoms. The highest BCUT2D eigenvalue weighted by atomic mass is 32.1. The van der Waals surface area contributed by atoms with Gasteiger partial charge in [-0.2, -0.15) is 0 Å². The van der Waals surface area contributed by atoms with E-state index in [0.29, 0.717) is 6.04 Å². The summed E-state index contributed by atoms with van der Waals surface area (Å²) in [6.45, 7) is 4.39. The van der Waals surface area contributed by atoms with Crippen LogP contribution in [0.4, 0.5) is 5.69 Å². The molecular weight excluding hydrogens is 250 g/mol. The van der Waals surface area contributed by atoms with Gasteiger partial charge >= 0.3 is 0 Å². The molecule has 0 fully saturated rings. The molecule has 1 N–H and O–H groups in total. The van der Waals surface area contributed by atoms with E-state index in [-0.39, 0.29) is 0 Å². The molecule has 0 aliphatic carbocycles. The number of hydrogen-bond donors (Lipinski definition) is 1. The van der Waals surface area contributed by atoms with Crippen molar-refractivity contribution in [3.05, 3.63) is 64.4 Å². The van der Waals surface area contributed by atoms with Crippen molar-refractivity contribution in [2.45, 2.75) is 19.9 Å². The maximum absolute atomic E-state index is 3.59. The van der Waals surface area contributed by atoms with E-state index in [9.17, 15) is 0 Å². The molecule has 96 valence electrons. The maximum atomic E-state index is 3.59. The van der Waals surface area contributed by atoms with Gasteiger partial charge in [-0.15, -0.1) is 11.3 Å². The number of thiophene rings is 1. The Hall–Kier alpha value is -1.80. The molecule has 3 aromatic rings. The minimum Gasteiger partial charge on any atom is -0.378 e. The molecule has 1 nitrogen and oxygen atoms in total. The maximum Gasteiger partial charge on any atom is 0.0581 e. The second-order valence-corrected chi connectivity index (χ2v) is 5.84. The Balaban J connectivity index is 1.87. The van der Waals surface area contributed by atoms with Crippen molar-refractivity contribution >= 4 is 27.8 Å². The highest BCUT2D eigenvalue weighted by Crippen LogP contribution is 2.28. The molecule has 0 saturated heterocycles. The van der Waals surface area contributed by atoms with Crippen LogP contribution in [0, 0.1) is 6.92 Å². The summed E-state index contributed by atoms with van der Waals surface area (Å²) in [6, 6.07) is 17.5. The van der Waals surface area contributed by atoms with Crippen molar-refractivity contribution < 1.29 is 0 Å². The molecule has 2 aromatic carbocycles. The second-order valence-electron chi connectivity index (χ2n) is 4.90. The zero-order chi connectivity index (χ0) is 13.2. The first-order chi connectivity index (χ1) is 9.24. The topological polar surface area (TPSA) is 12.0 Å². The number of benzene rings is 2. The van der Waals surface area contributed by atoms with Crippen LogP contribution in [0.2, 0.25) is 0 Å². The number of anilines is 1. The number of fused-ring (bicyclic) bond motifs is 1. The Morgan fingerprint density at radius 1 is 1.00 bits per heavy atom. The molecule has 0 radical (unpaired) electrons.